The van der Waals surface area contributed by atoms with E-state index in [9.17, 15) is 18.0 Å². The predicted octanol–water partition coefficient (Wildman–Crippen LogP) is 7.71. The first-order chi connectivity index (χ1) is 15.3. The summed E-state index contributed by atoms with van der Waals surface area (Å²) in [6.07, 6.45) is 3.23. The molecule has 1 aliphatic rings. The minimum atomic E-state index is -4.46. The molecule has 33 heavy (non-hydrogen) atoms. The quantitative estimate of drug-likeness (QED) is 0.357. The molecule has 0 unspecified atom stereocenters. The SMILES string of the molecule is CC1(C)CCC(C)(C)c2cc(CC/C=C(/C=C\C(=O)O)c3cccc(C(F)(F)F)c3)ccc21. The molecular formula is C28H31F3O2. The molecule has 3 rings (SSSR count). The van der Waals surface area contributed by atoms with E-state index in [-0.39, 0.29) is 10.8 Å². The number of carbonyl (C=O) groups is 1. The minimum Gasteiger partial charge on any atom is -0.478 e. The van der Waals surface area contributed by atoms with Crippen LogP contribution in [0.15, 0.2) is 60.7 Å². The number of fused-ring (bicyclic) bond motifs is 1. The van der Waals surface area contributed by atoms with Gasteiger partial charge in [-0.1, -0.05) is 64.1 Å². The first-order valence-electron chi connectivity index (χ1n) is 11.2. The Morgan fingerprint density at radius 3 is 2.27 bits per heavy atom. The molecule has 176 valence electrons. The van der Waals surface area contributed by atoms with Gasteiger partial charge in [0.25, 0.3) is 0 Å². The summed E-state index contributed by atoms with van der Waals surface area (Å²) in [6.45, 7) is 9.10. The Balaban J connectivity index is 1.87. The Kier molecular flexibility index (Phi) is 6.92. The zero-order valence-corrected chi connectivity index (χ0v) is 19.6. The number of hydrogen-bond acceptors (Lipinski definition) is 1. The average molecular weight is 457 g/mol. The van der Waals surface area contributed by atoms with Crippen molar-refractivity contribution in [3.05, 3.63) is 88.5 Å². The molecule has 1 N–H and O–H groups in total. The van der Waals surface area contributed by atoms with Gasteiger partial charge in [-0.2, -0.15) is 13.2 Å². The van der Waals surface area contributed by atoms with Crippen molar-refractivity contribution in [1.82, 2.24) is 0 Å². The second-order valence-electron chi connectivity index (χ2n) is 10.1. The van der Waals surface area contributed by atoms with Crippen molar-refractivity contribution >= 4 is 11.5 Å². The van der Waals surface area contributed by atoms with Crippen LogP contribution in [0.2, 0.25) is 0 Å². The van der Waals surface area contributed by atoms with Gasteiger partial charge < -0.3 is 5.11 Å². The van der Waals surface area contributed by atoms with Crippen LogP contribution < -0.4 is 0 Å². The van der Waals surface area contributed by atoms with Gasteiger partial charge in [-0.25, -0.2) is 4.79 Å². The normalized spacial score (nSPS) is 17.7. The molecule has 0 fully saturated rings. The van der Waals surface area contributed by atoms with Crippen molar-refractivity contribution in [1.29, 1.82) is 0 Å². The number of alkyl halides is 3. The molecule has 0 amide bonds. The maximum atomic E-state index is 13.1. The summed E-state index contributed by atoms with van der Waals surface area (Å²) in [5.74, 6) is -1.15. The van der Waals surface area contributed by atoms with Crippen LogP contribution in [0.5, 0.6) is 0 Å². The highest BCUT2D eigenvalue weighted by molar-refractivity contribution is 5.85. The van der Waals surface area contributed by atoms with Crippen LogP contribution in [0.4, 0.5) is 13.2 Å². The lowest BCUT2D eigenvalue weighted by Crippen LogP contribution is -2.33. The smallest absolute Gasteiger partial charge is 0.416 e. The van der Waals surface area contributed by atoms with Crippen LogP contribution in [0.3, 0.4) is 0 Å². The third-order valence-electron chi connectivity index (χ3n) is 6.64. The first kappa shape index (κ1) is 24.8. The molecule has 1 aliphatic carbocycles. The zero-order chi connectivity index (χ0) is 24.4. The highest BCUT2D eigenvalue weighted by atomic mass is 19.4. The summed E-state index contributed by atoms with van der Waals surface area (Å²) >= 11 is 0. The summed E-state index contributed by atoms with van der Waals surface area (Å²) < 4.78 is 39.4. The van der Waals surface area contributed by atoms with E-state index >= 15 is 0 Å². The van der Waals surface area contributed by atoms with E-state index in [2.05, 4.69) is 45.9 Å². The Bertz CT molecular complexity index is 1090. The number of hydrogen-bond donors (Lipinski definition) is 1. The van der Waals surface area contributed by atoms with Crippen LogP contribution in [-0.4, -0.2) is 11.1 Å². The summed E-state index contributed by atoms with van der Waals surface area (Å²) in [5, 5.41) is 9.01. The fraction of sp³-hybridized carbons (Fsp3) is 0.393. The Hall–Kier alpha value is -2.82. The number of aliphatic carboxylic acids is 1. The largest absolute Gasteiger partial charge is 0.478 e. The minimum absolute atomic E-state index is 0.101. The molecule has 5 heteroatoms. The Labute approximate surface area is 193 Å². The van der Waals surface area contributed by atoms with Gasteiger partial charge in [0.1, 0.15) is 0 Å². The second kappa shape index (κ2) is 9.20. The molecule has 2 nitrogen and oxygen atoms in total. The van der Waals surface area contributed by atoms with Crippen LogP contribution >= 0.6 is 0 Å². The maximum Gasteiger partial charge on any atom is 0.416 e. The number of carboxylic acids is 1. The number of aryl methyl sites for hydroxylation is 1. The van der Waals surface area contributed by atoms with Crippen LogP contribution in [-0.2, 0) is 28.2 Å². The van der Waals surface area contributed by atoms with Crippen molar-refractivity contribution < 1.29 is 23.1 Å². The lowest BCUT2D eigenvalue weighted by Gasteiger charge is -2.42. The third-order valence-corrected chi connectivity index (χ3v) is 6.64. The Morgan fingerprint density at radius 1 is 0.970 bits per heavy atom. The topological polar surface area (TPSA) is 37.3 Å². The molecule has 0 saturated carbocycles. The zero-order valence-electron chi connectivity index (χ0n) is 19.6. The van der Waals surface area contributed by atoms with Gasteiger partial charge in [0.15, 0.2) is 0 Å². The lowest BCUT2D eigenvalue weighted by molar-refractivity contribution is -0.137. The van der Waals surface area contributed by atoms with E-state index in [0.29, 0.717) is 24.0 Å². The van der Waals surface area contributed by atoms with Crippen molar-refractivity contribution in [2.24, 2.45) is 0 Å². The van der Waals surface area contributed by atoms with Gasteiger partial charge in [-0.3, -0.25) is 0 Å². The van der Waals surface area contributed by atoms with E-state index in [1.54, 1.807) is 6.07 Å². The summed E-state index contributed by atoms with van der Waals surface area (Å²) in [5.41, 5.74) is 4.21. The Morgan fingerprint density at radius 2 is 1.64 bits per heavy atom. The molecule has 0 aliphatic heterocycles. The van der Waals surface area contributed by atoms with Crippen molar-refractivity contribution in [2.75, 3.05) is 0 Å². The second-order valence-corrected chi connectivity index (χ2v) is 10.1. The van der Waals surface area contributed by atoms with Gasteiger partial charge in [0.05, 0.1) is 5.56 Å². The van der Waals surface area contributed by atoms with E-state index in [1.807, 2.05) is 6.08 Å². The first-order valence-corrected chi connectivity index (χ1v) is 11.2. The van der Waals surface area contributed by atoms with Crippen LogP contribution in [0, 0.1) is 0 Å². The molecular weight excluding hydrogens is 425 g/mol. The van der Waals surface area contributed by atoms with Crippen molar-refractivity contribution in [2.45, 2.75) is 70.4 Å². The molecule has 2 aromatic rings. The molecule has 0 saturated heterocycles. The maximum absolute atomic E-state index is 13.1. The van der Waals surface area contributed by atoms with E-state index in [0.717, 1.165) is 31.1 Å². The molecule has 0 radical (unpaired) electrons. The summed E-state index contributed by atoms with van der Waals surface area (Å²) in [4.78, 5) is 11.0. The number of allylic oxidation sites excluding steroid dienone is 3. The fourth-order valence-corrected chi connectivity index (χ4v) is 4.50. The van der Waals surface area contributed by atoms with Gasteiger partial charge in [-0.05, 0) is 82.5 Å². The van der Waals surface area contributed by atoms with Gasteiger partial charge in [0, 0.05) is 6.08 Å². The lowest BCUT2D eigenvalue weighted by atomic mass is 9.63. The van der Waals surface area contributed by atoms with Crippen LogP contribution in [0.1, 0.15) is 74.8 Å². The molecule has 0 heterocycles. The van der Waals surface area contributed by atoms with Gasteiger partial charge >= 0.3 is 12.1 Å². The van der Waals surface area contributed by atoms with E-state index in [4.69, 9.17) is 5.11 Å². The summed E-state index contributed by atoms with van der Waals surface area (Å²) in [7, 11) is 0. The van der Waals surface area contributed by atoms with Crippen LogP contribution in [0.25, 0.3) is 5.57 Å². The highest BCUT2D eigenvalue weighted by Gasteiger charge is 2.36. The van der Waals surface area contributed by atoms with Crippen molar-refractivity contribution in [3.8, 4) is 0 Å². The standard InChI is InChI=1S/C28H31F3O2/c1-26(2)15-16-27(3,4)24-17-19(11-13-23(24)26)7-5-8-20(12-14-25(32)33)21-9-6-10-22(18-21)28(29,30)31/h6,8-14,17-18H,5,7,15-16H2,1-4H3,(H,32,33)/b14-12-,20-8-. The van der Waals surface area contributed by atoms with E-state index in [1.165, 1.54) is 28.8 Å². The molecule has 2 aromatic carbocycles. The fourth-order valence-electron chi connectivity index (χ4n) is 4.50. The predicted molar refractivity (Wildman–Crippen MR) is 126 cm³/mol. The molecule has 0 spiro atoms. The van der Waals surface area contributed by atoms with Gasteiger partial charge in [0.2, 0.25) is 0 Å². The molecule has 0 bridgehead atoms. The number of halogens is 3. The van der Waals surface area contributed by atoms with Gasteiger partial charge in [-0.15, -0.1) is 0 Å². The summed E-state index contributed by atoms with van der Waals surface area (Å²) in [6, 6.07) is 11.6. The van der Waals surface area contributed by atoms with Crippen molar-refractivity contribution in [3.63, 3.8) is 0 Å². The van der Waals surface area contributed by atoms with E-state index < -0.39 is 17.7 Å². The highest BCUT2D eigenvalue weighted by Crippen LogP contribution is 2.46. The number of benzene rings is 2. The molecule has 0 atom stereocenters. The average Bonchev–Trinajstić information content (AvgIpc) is 2.73. The number of carboxylic acid groups (broad SMARTS) is 1. The third kappa shape index (κ3) is 5.95. The number of rotatable bonds is 6. The monoisotopic (exact) mass is 456 g/mol. The molecule has 0 aromatic heterocycles.